The molecule has 0 bridgehead atoms. The molecular formula is C58H35N3S. The number of benzene rings is 9. The Morgan fingerprint density at radius 3 is 1.69 bits per heavy atom. The first-order chi connectivity index (χ1) is 30.7. The number of rotatable bonds is 4. The quantitative estimate of drug-likeness (QED) is 0.166. The van der Waals surface area contributed by atoms with E-state index in [0.29, 0.717) is 0 Å². The third kappa shape index (κ3) is 5.11. The molecule has 0 saturated heterocycles. The molecular weight excluding hydrogens is 771 g/mol. The van der Waals surface area contributed by atoms with Crippen LogP contribution >= 0.6 is 11.8 Å². The van der Waals surface area contributed by atoms with Crippen LogP contribution in [0.3, 0.4) is 0 Å². The number of pyridine rings is 1. The van der Waals surface area contributed by atoms with Gasteiger partial charge < -0.3 is 0 Å². The molecule has 0 fully saturated rings. The summed E-state index contributed by atoms with van der Waals surface area (Å²) < 4.78 is 0. The van der Waals surface area contributed by atoms with Crippen molar-refractivity contribution < 1.29 is 0 Å². The lowest BCUT2D eigenvalue weighted by Crippen LogP contribution is -2.31. The molecule has 0 amide bonds. The summed E-state index contributed by atoms with van der Waals surface area (Å²) in [6.07, 6.45) is 0. The van der Waals surface area contributed by atoms with Gasteiger partial charge in [-0.3, -0.25) is 0 Å². The van der Waals surface area contributed by atoms with E-state index in [4.69, 9.17) is 15.0 Å². The van der Waals surface area contributed by atoms with E-state index in [1.165, 1.54) is 53.9 Å². The minimum Gasteiger partial charge on any atom is -0.247 e. The van der Waals surface area contributed by atoms with Gasteiger partial charge in [0.15, 0.2) is 5.82 Å². The molecule has 3 nitrogen and oxygen atoms in total. The van der Waals surface area contributed by atoms with E-state index >= 15 is 0 Å². The Kier molecular flexibility index (Phi) is 7.75. The van der Waals surface area contributed by atoms with E-state index in [1.807, 2.05) is 36.0 Å². The van der Waals surface area contributed by atoms with Gasteiger partial charge in [0.05, 0.1) is 27.8 Å². The number of para-hydroxylation sites is 2. The summed E-state index contributed by atoms with van der Waals surface area (Å²) in [5, 5.41) is 4.61. The Labute approximate surface area is 363 Å². The SMILES string of the molecule is c1ccc(-c2nc(-c3ccc(-c4cccc(-c5nc6ccccc6c6c7c(ccc56)C5(c6ccccc6Sc6ccccc65)c5ccccc5-7)c4)cc3)c3ccccc3n2)cc1. The molecule has 9 aromatic carbocycles. The zero-order valence-corrected chi connectivity index (χ0v) is 34.3. The molecule has 0 saturated carbocycles. The van der Waals surface area contributed by atoms with E-state index in [-0.39, 0.29) is 0 Å². The van der Waals surface area contributed by atoms with E-state index in [0.717, 1.165) is 66.8 Å². The first kappa shape index (κ1) is 35.1. The Hall–Kier alpha value is -7.66. The molecule has 1 aliphatic heterocycles. The summed E-state index contributed by atoms with van der Waals surface area (Å²) >= 11 is 1.88. The molecule has 62 heavy (non-hydrogen) atoms. The van der Waals surface area contributed by atoms with E-state index in [2.05, 4.69) is 188 Å². The molecule has 1 aliphatic carbocycles. The summed E-state index contributed by atoms with van der Waals surface area (Å²) in [5.41, 5.74) is 16.7. The molecule has 11 aromatic rings. The zero-order chi connectivity index (χ0) is 40.8. The zero-order valence-electron chi connectivity index (χ0n) is 33.5. The highest BCUT2D eigenvalue weighted by Gasteiger charge is 2.50. The Morgan fingerprint density at radius 2 is 0.919 bits per heavy atom. The average molecular weight is 806 g/mol. The topological polar surface area (TPSA) is 38.7 Å². The Morgan fingerprint density at radius 1 is 0.339 bits per heavy atom. The number of aromatic nitrogens is 3. The van der Waals surface area contributed by atoms with Gasteiger partial charge in [-0.15, -0.1) is 0 Å². The molecule has 13 rings (SSSR count). The normalized spacial score (nSPS) is 13.2. The van der Waals surface area contributed by atoms with Crippen molar-refractivity contribution in [1.29, 1.82) is 0 Å². The van der Waals surface area contributed by atoms with Crippen molar-refractivity contribution in [2.24, 2.45) is 0 Å². The van der Waals surface area contributed by atoms with Crippen molar-refractivity contribution in [3.63, 3.8) is 0 Å². The highest BCUT2D eigenvalue weighted by molar-refractivity contribution is 7.99. The summed E-state index contributed by atoms with van der Waals surface area (Å²) in [5.74, 6) is 0.725. The van der Waals surface area contributed by atoms with Crippen molar-refractivity contribution in [3.8, 4) is 56.2 Å². The van der Waals surface area contributed by atoms with E-state index < -0.39 is 5.41 Å². The average Bonchev–Trinajstić information content (AvgIpc) is 3.64. The van der Waals surface area contributed by atoms with Crippen molar-refractivity contribution in [1.82, 2.24) is 15.0 Å². The summed E-state index contributed by atoms with van der Waals surface area (Å²) in [7, 11) is 0. The third-order valence-corrected chi connectivity index (χ3v) is 14.1. The Balaban J connectivity index is 0.983. The number of hydrogen-bond donors (Lipinski definition) is 0. The fraction of sp³-hybridized carbons (Fsp3) is 0.0172. The van der Waals surface area contributed by atoms with Gasteiger partial charge >= 0.3 is 0 Å². The number of hydrogen-bond acceptors (Lipinski definition) is 4. The van der Waals surface area contributed by atoms with Crippen LogP contribution < -0.4 is 0 Å². The van der Waals surface area contributed by atoms with Crippen molar-refractivity contribution in [2.75, 3.05) is 0 Å². The van der Waals surface area contributed by atoms with Crippen molar-refractivity contribution in [3.05, 3.63) is 235 Å². The van der Waals surface area contributed by atoms with E-state index in [9.17, 15) is 0 Å². The fourth-order valence-corrected chi connectivity index (χ4v) is 11.5. The van der Waals surface area contributed by atoms with Gasteiger partial charge in [-0.25, -0.2) is 15.0 Å². The third-order valence-electron chi connectivity index (χ3n) is 12.9. The van der Waals surface area contributed by atoms with Crippen LogP contribution in [0.5, 0.6) is 0 Å². The highest BCUT2D eigenvalue weighted by atomic mass is 32.2. The second-order valence-electron chi connectivity index (χ2n) is 16.2. The van der Waals surface area contributed by atoms with Crippen LogP contribution in [0.4, 0.5) is 0 Å². The number of nitrogens with zero attached hydrogens (tertiary/aromatic N) is 3. The molecule has 4 heteroatoms. The molecule has 0 N–H and O–H groups in total. The molecule has 288 valence electrons. The lowest BCUT2D eigenvalue weighted by Gasteiger charge is -2.39. The van der Waals surface area contributed by atoms with Crippen LogP contribution in [0.2, 0.25) is 0 Å². The predicted octanol–water partition coefficient (Wildman–Crippen LogP) is 14.8. The maximum atomic E-state index is 5.46. The first-order valence-corrected chi connectivity index (χ1v) is 21.9. The van der Waals surface area contributed by atoms with Gasteiger partial charge in [-0.1, -0.05) is 194 Å². The lowest BCUT2D eigenvalue weighted by atomic mass is 9.67. The summed E-state index contributed by atoms with van der Waals surface area (Å²) in [6, 6.07) is 76.7. The maximum absolute atomic E-state index is 5.46. The standard InChI is InChI=1S/C58H35N3S/c1-2-15-38(16-3-1)57-60-50-26-11-6-21-43(50)55(61-57)37-31-29-36(30-32-37)39-17-14-18-40(35-39)56-44-33-34-48-54(53(44)42-20-5-10-25-49(42)59-56)41-19-4-7-22-45(41)58(48)46-23-8-12-27-51(46)62-52-28-13-9-24-47(52)58/h1-35H. The van der Waals surface area contributed by atoms with Gasteiger partial charge in [-0.2, -0.15) is 0 Å². The van der Waals surface area contributed by atoms with Crippen LogP contribution in [-0.4, -0.2) is 15.0 Å². The van der Waals surface area contributed by atoms with Gasteiger partial charge in [0.2, 0.25) is 0 Å². The second-order valence-corrected chi connectivity index (χ2v) is 17.3. The van der Waals surface area contributed by atoms with Crippen LogP contribution in [-0.2, 0) is 5.41 Å². The lowest BCUT2D eigenvalue weighted by molar-refractivity contribution is 0.723. The largest absolute Gasteiger partial charge is 0.247 e. The van der Waals surface area contributed by atoms with Gasteiger partial charge in [0, 0.05) is 48.0 Å². The minimum atomic E-state index is -0.448. The molecule has 0 unspecified atom stereocenters. The molecule has 0 radical (unpaired) electrons. The van der Waals surface area contributed by atoms with Gasteiger partial charge in [0.1, 0.15) is 0 Å². The summed E-state index contributed by atoms with van der Waals surface area (Å²) in [4.78, 5) is 18.1. The molecule has 3 heterocycles. The molecule has 1 spiro atoms. The molecule has 2 aromatic heterocycles. The van der Waals surface area contributed by atoms with Crippen LogP contribution in [0.25, 0.3) is 88.7 Å². The highest BCUT2D eigenvalue weighted by Crippen LogP contribution is 2.63. The van der Waals surface area contributed by atoms with Crippen LogP contribution in [0, 0.1) is 0 Å². The number of fused-ring (bicyclic) bond motifs is 14. The van der Waals surface area contributed by atoms with Gasteiger partial charge in [-0.05, 0) is 74.8 Å². The van der Waals surface area contributed by atoms with Crippen LogP contribution in [0.15, 0.2) is 222 Å². The molecule has 0 atom stereocenters. The maximum Gasteiger partial charge on any atom is 0.160 e. The van der Waals surface area contributed by atoms with Crippen LogP contribution in [0.1, 0.15) is 22.3 Å². The first-order valence-electron chi connectivity index (χ1n) is 21.1. The van der Waals surface area contributed by atoms with E-state index in [1.54, 1.807) is 0 Å². The Bertz CT molecular complexity index is 3570. The second kappa shape index (κ2) is 13.7. The van der Waals surface area contributed by atoms with Gasteiger partial charge in [0.25, 0.3) is 0 Å². The summed E-state index contributed by atoms with van der Waals surface area (Å²) in [6.45, 7) is 0. The predicted molar refractivity (Wildman–Crippen MR) is 256 cm³/mol. The minimum absolute atomic E-state index is 0.448. The molecule has 2 aliphatic rings. The van der Waals surface area contributed by atoms with Crippen molar-refractivity contribution in [2.45, 2.75) is 15.2 Å². The van der Waals surface area contributed by atoms with Crippen molar-refractivity contribution >= 4 is 44.3 Å². The monoisotopic (exact) mass is 805 g/mol. The fourth-order valence-electron chi connectivity index (χ4n) is 10.3. The smallest absolute Gasteiger partial charge is 0.160 e.